The van der Waals surface area contributed by atoms with E-state index in [4.69, 9.17) is 0 Å². The number of hydrogen-bond acceptors (Lipinski definition) is 2. The van der Waals surface area contributed by atoms with Crippen molar-refractivity contribution in [3.63, 3.8) is 0 Å². The van der Waals surface area contributed by atoms with E-state index in [2.05, 4.69) is 23.3 Å². The third-order valence-corrected chi connectivity index (χ3v) is 3.40. The second-order valence-electron chi connectivity index (χ2n) is 4.61. The molecule has 1 aliphatic rings. The molecule has 0 aromatic carbocycles. The lowest BCUT2D eigenvalue weighted by Gasteiger charge is -2.29. The van der Waals surface area contributed by atoms with Crippen LogP contribution in [0.5, 0.6) is 0 Å². The van der Waals surface area contributed by atoms with Gasteiger partial charge in [0.25, 0.3) is 0 Å². The van der Waals surface area contributed by atoms with Crippen LogP contribution in [0.1, 0.15) is 38.2 Å². The first-order chi connectivity index (χ1) is 7.36. The lowest BCUT2D eigenvalue weighted by atomic mass is 9.86. The molecule has 0 radical (unpaired) electrons. The summed E-state index contributed by atoms with van der Waals surface area (Å²) in [6.45, 7) is 3.32. The highest BCUT2D eigenvalue weighted by Gasteiger charge is 2.20. The van der Waals surface area contributed by atoms with Gasteiger partial charge < -0.3 is 5.32 Å². The molecule has 2 nitrogen and oxygen atoms in total. The van der Waals surface area contributed by atoms with E-state index < -0.39 is 0 Å². The predicted octanol–water partition coefficient (Wildman–Crippen LogP) is 2.75. The van der Waals surface area contributed by atoms with Crippen molar-refractivity contribution in [3.05, 3.63) is 30.1 Å². The highest BCUT2D eigenvalue weighted by Crippen LogP contribution is 2.23. The lowest BCUT2D eigenvalue weighted by Crippen LogP contribution is -2.36. The number of aromatic nitrogens is 1. The summed E-state index contributed by atoms with van der Waals surface area (Å²) in [6, 6.07) is 4.84. The topological polar surface area (TPSA) is 24.9 Å². The zero-order valence-corrected chi connectivity index (χ0v) is 9.45. The van der Waals surface area contributed by atoms with E-state index in [1.807, 2.05) is 18.5 Å². The summed E-state index contributed by atoms with van der Waals surface area (Å²) in [7, 11) is 0. The van der Waals surface area contributed by atoms with Gasteiger partial charge in [-0.25, -0.2) is 0 Å². The molecule has 82 valence electrons. The monoisotopic (exact) mass is 204 g/mol. The number of pyridine rings is 1. The third kappa shape index (κ3) is 3.03. The Morgan fingerprint density at radius 2 is 2.27 bits per heavy atom. The van der Waals surface area contributed by atoms with Gasteiger partial charge >= 0.3 is 0 Å². The molecule has 0 aliphatic heterocycles. The number of hydrogen-bond donors (Lipinski definition) is 1. The molecule has 2 rings (SSSR count). The van der Waals surface area contributed by atoms with E-state index in [0.717, 1.165) is 12.5 Å². The van der Waals surface area contributed by atoms with Crippen LogP contribution in [0.15, 0.2) is 24.5 Å². The number of nitrogens with zero attached hydrogens (tertiary/aromatic N) is 1. The molecule has 2 atom stereocenters. The summed E-state index contributed by atoms with van der Waals surface area (Å²) in [6.07, 6.45) is 9.28. The standard InChI is InChI=1S/C13H20N2/c1-11-5-2-3-7-13(11)15-10-12-6-4-8-14-9-12/h4,6,8-9,11,13,15H,2-3,5,7,10H2,1H3/t11-,13-/m0/s1. The van der Waals surface area contributed by atoms with Gasteiger partial charge in [0.05, 0.1) is 0 Å². The van der Waals surface area contributed by atoms with E-state index in [0.29, 0.717) is 6.04 Å². The van der Waals surface area contributed by atoms with Crippen molar-refractivity contribution in [1.82, 2.24) is 10.3 Å². The molecule has 1 fully saturated rings. The van der Waals surface area contributed by atoms with E-state index in [1.54, 1.807) is 0 Å². The molecular weight excluding hydrogens is 184 g/mol. The molecule has 2 heteroatoms. The SMILES string of the molecule is C[C@H]1CCCC[C@@H]1NCc1cccnc1. The van der Waals surface area contributed by atoms with E-state index in [9.17, 15) is 0 Å². The van der Waals surface area contributed by atoms with Crippen molar-refractivity contribution in [2.75, 3.05) is 0 Å². The minimum Gasteiger partial charge on any atom is -0.310 e. The molecule has 1 N–H and O–H groups in total. The highest BCUT2D eigenvalue weighted by atomic mass is 14.9. The fourth-order valence-corrected chi connectivity index (χ4v) is 2.37. The van der Waals surface area contributed by atoms with Crippen molar-refractivity contribution < 1.29 is 0 Å². The fraction of sp³-hybridized carbons (Fsp3) is 0.615. The average molecular weight is 204 g/mol. The fourth-order valence-electron chi connectivity index (χ4n) is 2.37. The second kappa shape index (κ2) is 5.26. The third-order valence-electron chi connectivity index (χ3n) is 3.40. The Morgan fingerprint density at radius 1 is 1.40 bits per heavy atom. The highest BCUT2D eigenvalue weighted by molar-refractivity contribution is 5.08. The molecular formula is C13H20N2. The van der Waals surface area contributed by atoms with Gasteiger partial charge in [-0.05, 0) is 30.4 Å². The summed E-state index contributed by atoms with van der Waals surface area (Å²) in [4.78, 5) is 4.13. The van der Waals surface area contributed by atoms with Crippen molar-refractivity contribution in [3.8, 4) is 0 Å². The zero-order chi connectivity index (χ0) is 10.5. The van der Waals surface area contributed by atoms with Crippen LogP contribution in [0.3, 0.4) is 0 Å². The van der Waals surface area contributed by atoms with E-state index in [-0.39, 0.29) is 0 Å². The predicted molar refractivity (Wildman–Crippen MR) is 62.5 cm³/mol. The van der Waals surface area contributed by atoms with E-state index in [1.165, 1.54) is 31.2 Å². The van der Waals surface area contributed by atoms with Gasteiger partial charge in [-0.1, -0.05) is 25.8 Å². The van der Waals surface area contributed by atoms with Crippen LogP contribution < -0.4 is 5.32 Å². The maximum absolute atomic E-state index is 4.13. The van der Waals surface area contributed by atoms with Crippen LogP contribution >= 0.6 is 0 Å². The smallest absolute Gasteiger partial charge is 0.0312 e. The number of rotatable bonds is 3. The van der Waals surface area contributed by atoms with Gasteiger partial charge in [0.15, 0.2) is 0 Å². The van der Waals surface area contributed by atoms with Crippen molar-refractivity contribution in [1.29, 1.82) is 0 Å². The van der Waals surface area contributed by atoms with E-state index >= 15 is 0 Å². The minimum absolute atomic E-state index is 0.707. The van der Waals surface area contributed by atoms with Gasteiger partial charge in [0.2, 0.25) is 0 Å². The van der Waals surface area contributed by atoms with Crippen molar-refractivity contribution >= 4 is 0 Å². The molecule has 0 amide bonds. The Balaban J connectivity index is 1.82. The molecule has 1 heterocycles. The Kier molecular flexibility index (Phi) is 3.73. The Bertz CT molecular complexity index is 284. The molecule has 15 heavy (non-hydrogen) atoms. The van der Waals surface area contributed by atoms with Gasteiger partial charge in [-0.3, -0.25) is 4.98 Å². The summed E-state index contributed by atoms with van der Waals surface area (Å²) < 4.78 is 0. The molecule has 1 aliphatic carbocycles. The molecule has 1 saturated carbocycles. The summed E-state index contributed by atoms with van der Waals surface area (Å²) in [5, 5.41) is 3.65. The Morgan fingerprint density at radius 3 is 3.00 bits per heavy atom. The largest absolute Gasteiger partial charge is 0.310 e. The van der Waals surface area contributed by atoms with Crippen LogP contribution in [0.2, 0.25) is 0 Å². The quantitative estimate of drug-likeness (QED) is 0.819. The van der Waals surface area contributed by atoms with Gasteiger partial charge in [-0.2, -0.15) is 0 Å². The van der Waals surface area contributed by atoms with Crippen LogP contribution in [0.25, 0.3) is 0 Å². The summed E-state index contributed by atoms with van der Waals surface area (Å²) >= 11 is 0. The number of nitrogens with one attached hydrogen (secondary N) is 1. The first-order valence-electron chi connectivity index (χ1n) is 5.98. The van der Waals surface area contributed by atoms with Crippen LogP contribution in [-0.2, 0) is 6.54 Å². The molecule has 0 bridgehead atoms. The van der Waals surface area contributed by atoms with Gasteiger partial charge in [-0.15, -0.1) is 0 Å². The van der Waals surface area contributed by atoms with Crippen LogP contribution in [0.4, 0.5) is 0 Å². The minimum atomic E-state index is 0.707. The lowest BCUT2D eigenvalue weighted by molar-refractivity contribution is 0.279. The van der Waals surface area contributed by atoms with Crippen molar-refractivity contribution in [2.24, 2.45) is 5.92 Å². The van der Waals surface area contributed by atoms with Crippen LogP contribution in [-0.4, -0.2) is 11.0 Å². The maximum Gasteiger partial charge on any atom is 0.0312 e. The Labute approximate surface area is 92.1 Å². The maximum atomic E-state index is 4.13. The zero-order valence-electron chi connectivity index (χ0n) is 9.45. The molecule has 0 unspecified atom stereocenters. The van der Waals surface area contributed by atoms with Gasteiger partial charge in [0.1, 0.15) is 0 Å². The van der Waals surface area contributed by atoms with Crippen LogP contribution in [0, 0.1) is 5.92 Å². The molecule has 0 saturated heterocycles. The second-order valence-corrected chi connectivity index (χ2v) is 4.61. The average Bonchev–Trinajstić information content (AvgIpc) is 2.29. The normalized spacial score (nSPS) is 26.5. The molecule has 0 spiro atoms. The first-order valence-corrected chi connectivity index (χ1v) is 5.98. The molecule has 1 aromatic rings. The Hall–Kier alpha value is -0.890. The molecule has 1 aromatic heterocycles. The summed E-state index contributed by atoms with van der Waals surface area (Å²) in [5.41, 5.74) is 1.29. The van der Waals surface area contributed by atoms with Crippen molar-refractivity contribution in [2.45, 2.75) is 45.2 Å². The van der Waals surface area contributed by atoms with Gasteiger partial charge in [0, 0.05) is 25.0 Å². The summed E-state index contributed by atoms with van der Waals surface area (Å²) in [5.74, 6) is 0.829. The first kappa shape index (κ1) is 10.6.